The Balaban J connectivity index is 2.21. The highest BCUT2D eigenvalue weighted by Gasteiger charge is 2.36. The second kappa shape index (κ2) is 5.44. The number of carboxylic acids is 1. The monoisotopic (exact) mass is 279 g/mol. The molecule has 0 radical (unpaired) electrons. The Morgan fingerprint density at radius 2 is 2.15 bits per heavy atom. The van der Waals surface area contributed by atoms with Gasteiger partial charge >= 0.3 is 5.97 Å². The fraction of sp³-hybridized carbons (Fsp3) is 0.538. The molecule has 0 atom stereocenters. The molecule has 0 aliphatic heterocycles. The highest BCUT2D eigenvalue weighted by atomic mass is 16.6. The highest BCUT2D eigenvalue weighted by Crippen LogP contribution is 2.35. The average Bonchev–Trinajstić information content (AvgIpc) is 2.75. The molecule has 108 valence electrons. The lowest BCUT2D eigenvalue weighted by molar-refractivity contribution is -0.385. The van der Waals surface area contributed by atoms with Gasteiger partial charge in [-0.3, -0.25) is 14.9 Å². The van der Waals surface area contributed by atoms with Gasteiger partial charge in [-0.25, -0.2) is 4.98 Å². The predicted molar refractivity (Wildman–Crippen MR) is 72.7 cm³/mol. The minimum atomic E-state index is -0.849. The van der Waals surface area contributed by atoms with E-state index in [0.29, 0.717) is 11.5 Å². The van der Waals surface area contributed by atoms with Gasteiger partial charge in [0.05, 0.1) is 11.3 Å². The van der Waals surface area contributed by atoms with E-state index in [4.69, 9.17) is 5.11 Å². The van der Waals surface area contributed by atoms with Crippen LogP contribution in [0.5, 0.6) is 0 Å². The molecule has 0 spiro atoms. The summed E-state index contributed by atoms with van der Waals surface area (Å²) >= 11 is 0. The van der Waals surface area contributed by atoms with Crippen LogP contribution in [0.3, 0.4) is 0 Å². The molecule has 1 aliphatic rings. The smallest absolute Gasteiger partial charge is 0.305 e. The number of aryl methyl sites for hydroxylation is 1. The van der Waals surface area contributed by atoms with Gasteiger partial charge in [0, 0.05) is 11.6 Å². The minimum Gasteiger partial charge on any atom is -0.481 e. The van der Waals surface area contributed by atoms with Crippen molar-refractivity contribution in [2.75, 3.05) is 5.32 Å². The van der Waals surface area contributed by atoms with Crippen LogP contribution in [0.4, 0.5) is 11.5 Å². The molecule has 1 aliphatic carbocycles. The first kappa shape index (κ1) is 14.2. The van der Waals surface area contributed by atoms with Gasteiger partial charge in [-0.15, -0.1) is 0 Å². The van der Waals surface area contributed by atoms with Crippen molar-refractivity contribution in [3.63, 3.8) is 0 Å². The number of anilines is 1. The quantitative estimate of drug-likeness (QED) is 0.633. The Kier molecular flexibility index (Phi) is 3.87. The van der Waals surface area contributed by atoms with Crippen LogP contribution in [0, 0.1) is 17.0 Å². The Hall–Kier alpha value is -2.18. The van der Waals surface area contributed by atoms with Crippen LogP contribution in [0.1, 0.15) is 37.8 Å². The maximum atomic E-state index is 11.0. The third kappa shape index (κ3) is 3.04. The second-order valence-corrected chi connectivity index (χ2v) is 5.24. The number of nitrogens with zero attached hydrogens (tertiary/aromatic N) is 2. The summed E-state index contributed by atoms with van der Waals surface area (Å²) in [4.78, 5) is 25.5. The number of nitrogens with one attached hydrogen (secondary N) is 1. The highest BCUT2D eigenvalue weighted by molar-refractivity contribution is 5.69. The zero-order chi connectivity index (χ0) is 14.8. The standard InChI is InChI=1S/C13H17N3O4/c1-9-10(16(19)20)4-5-11(14-9)15-13(8-12(17)18)6-2-3-7-13/h4-5H,2-3,6-8H2,1H3,(H,14,15)(H,17,18). The first-order chi connectivity index (χ1) is 9.42. The van der Waals surface area contributed by atoms with Crippen LogP contribution in [0.15, 0.2) is 12.1 Å². The van der Waals surface area contributed by atoms with Crippen molar-refractivity contribution in [2.45, 2.75) is 44.6 Å². The van der Waals surface area contributed by atoms with Gasteiger partial charge in [0.25, 0.3) is 5.69 Å². The number of hydrogen-bond donors (Lipinski definition) is 2. The third-order valence-electron chi connectivity index (χ3n) is 3.70. The van der Waals surface area contributed by atoms with Gasteiger partial charge < -0.3 is 10.4 Å². The fourth-order valence-corrected chi connectivity index (χ4v) is 2.78. The van der Waals surface area contributed by atoms with E-state index in [-0.39, 0.29) is 12.1 Å². The van der Waals surface area contributed by atoms with Crippen LogP contribution in [0.25, 0.3) is 0 Å². The lowest BCUT2D eigenvalue weighted by Gasteiger charge is -2.29. The molecule has 1 saturated carbocycles. The second-order valence-electron chi connectivity index (χ2n) is 5.24. The van der Waals surface area contributed by atoms with Crippen LogP contribution < -0.4 is 5.32 Å². The van der Waals surface area contributed by atoms with Crippen LogP contribution in [0.2, 0.25) is 0 Å². The summed E-state index contributed by atoms with van der Waals surface area (Å²) in [6.45, 7) is 1.57. The molecule has 2 N–H and O–H groups in total. The van der Waals surface area contributed by atoms with Crippen molar-refractivity contribution in [3.8, 4) is 0 Å². The van der Waals surface area contributed by atoms with Gasteiger partial charge in [-0.05, 0) is 25.8 Å². The van der Waals surface area contributed by atoms with Crippen molar-refractivity contribution in [2.24, 2.45) is 0 Å². The predicted octanol–water partition coefficient (Wildman–Crippen LogP) is 2.50. The molecule has 0 saturated heterocycles. The normalized spacial score (nSPS) is 16.9. The van der Waals surface area contributed by atoms with Gasteiger partial charge in [0.2, 0.25) is 0 Å². The molecule has 1 aromatic rings. The zero-order valence-corrected chi connectivity index (χ0v) is 11.3. The van der Waals surface area contributed by atoms with E-state index in [1.807, 2.05) is 0 Å². The number of aliphatic carboxylic acids is 1. The van der Waals surface area contributed by atoms with Crippen LogP contribution >= 0.6 is 0 Å². The van der Waals surface area contributed by atoms with Crippen LogP contribution in [-0.2, 0) is 4.79 Å². The number of rotatable bonds is 5. The third-order valence-corrected chi connectivity index (χ3v) is 3.70. The largest absolute Gasteiger partial charge is 0.481 e. The Bertz CT molecular complexity index is 538. The summed E-state index contributed by atoms with van der Waals surface area (Å²) in [5.74, 6) is -0.353. The van der Waals surface area contributed by atoms with Gasteiger partial charge in [-0.2, -0.15) is 0 Å². The van der Waals surface area contributed by atoms with E-state index in [1.54, 1.807) is 6.92 Å². The summed E-state index contributed by atoms with van der Waals surface area (Å²) in [6.07, 6.45) is 3.54. The summed E-state index contributed by atoms with van der Waals surface area (Å²) in [5, 5.41) is 23.0. The lowest BCUT2D eigenvalue weighted by atomic mass is 9.93. The Morgan fingerprint density at radius 1 is 1.50 bits per heavy atom. The minimum absolute atomic E-state index is 0.0325. The van der Waals surface area contributed by atoms with Gasteiger partial charge in [-0.1, -0.05) is 12.8 Å². The number of pyridine rings is 1. The topological polar surface area (TPSA) is 105 Å². The number of carboxylic acid groups (broad SMARTS) is 1. The molecule has 2 rings (SSSR count). The van der Waals surface area contributed by atoms with Crippen molar-refractivity contribution in [1.82, 2.24) is 4.98 Å². The molecule has 0 amide bonds. The zero-order valence-electron chi connectivity index (χ0n) is 11.3. The number of hydrogen-bond acceptors (Lipinski definition) is 5. The van der Waals surface area contributed by atoms with E-state index in [9.17, 15) is 14.9 Å². The SMILES string of the molecule is Cc1nc(NC2(CC(=O)O)CCCC2)ccc1[N+](=O)[O-]. The Morgan fingerprint density at radius 3 is 2.65 bits per heavy atom. The average molecular weight is 279 g/mol. The van der Waals surface area contributed by atoms with Crippen molar-refractivity contribution < 1.29 is 14.8 Å². The first-order valence-corrected chi connectivity index (χ1v) is 6.54. The number of aromatic nitrogens is 1. The van der Waals surface area contributed by atoms with E-state index in [2.05, 4.69) is 10.3 Å². The summed E-state index contributed by atoms with van der Waals surface area (Å²) < 4.78 is 0. The molecular weight excluding hydrogens is 262 g/mol. The van der Waals surface area contributed by atoms with Crippen molar-refractivity contribution >= 4 is 17.5 Å². The lowest BCUT2D eigenvalue weighted by Crippen LogP contribution is -2.37. The maximum Gasteiger partial charge on any atom is 0.305 e. The molecule has 0 aromatic carbocycles. The van der Waals surface area contributed by atoms with E-state index in [1.165, 1.54) is 12.1 Å². The van der Waals surface area contributed by atoms with Crippen molar-refractivity contribution in [3.05, 3.63) is 27.9 Å². The first-order valence-electron chi connectivity index (χ1n) is 6.54. The molecule has 1 aromatic heterocycles. The molecule has 1 fully saturated rings. The van der Waals surface area contributed by atoms with Gasteiger partial charge in [0.15, 0.2) is 0 Å². The molecule has 1 heterocycles. The van der Waals surface area contributed by atoms with E-state index in [0.717, 1.165) is 25.7 Å². The maximum absolute atomic E-state index is 11.0. The summed E-state index contributed by atoms with van der Waals surface area (Å²) in [7, 11) is 0. The number of nitro groups is 1. The van der Waals surface area contributed by atoms with Gasteiger partial charge in [0.1, 0.15) is 11.5 Å². The van der Waals surface area contributed by atoms with Crippen molar-refractivity contribution in [1.29, 1.82) is 0 Å². The molecule has 7 nitrogen and oxygen atoms in total. The molecule has 0 unspecified atom stereocenters. The Labute approximate surface area is 116 Å². The fourth-order valence-electron chi connectivity index (χ4n) is 2.78. The number of carbonyl (C=O) groups is 1. The molecule has 0 bridgehead atoms. The molecule has 7 heteroatoms. The molecule has 20 heavy (non-hydrogen) atoms. The molecular formula is C13H17N3O4. The summed E-state index contributed by atoms with van der Waals surface area (Å²) in [6, 6.07) is 2.93. The summed E-state index contributed by atoms with van der Waals surface area (Å²) in [5.41, 5.74) is -0.195. The van der Waals surface area contributed by atoms with Crippen LogP contribution in [-0.4, -0.2) is 26.5 Å². The van der Waals surface area contributed by atoms with E-state index >= 15 is 0 Å². The van der Waals surface area contributed by atoms with E-state index < -0.39 is 16.4 Å².